The molecule has 69 valence electrons. The summed E-state index contributed by atoms with van der Waals surface area (Å²) in [6.07, 6.45) is 5.34. The predicted octanol–water partition coefficient (Wildman–Crippen LogP) is 4.06. The number of benzene rings is 2. The normalized spacial score (nSPS) is 11.2. The number of fused-ring (bicyclic) bond motifs is 1. The van der Waals surface area contributed by atoms with Gasteiger partial charge in [0, 0.05) is 0 Å². The van der Waals surface area contributed by atoms with Gasteiger partial charge in [0.05, 0.1) is 0 Å². The van der Waals surface area contributed by atoms with Gasteiger partial charge in [0.25, 0.3) is 0 Å². The molecule has 0 atom stereocenters. The van der Waals surface area contributed by atoms with Crippen LogP contribution in [0.3, 0.4) is 0 Å². The largest absolute Gasteiger partial charge is 0.0842 e. The Labute approximate surface area is 84.9 Å². The molecule has 2 aromatic rings. The molecule has 0 aromatic heterocycles. The van der Waals surface area contributed by atoms with E-state index in [2.05, 4.69) is 55.5 Å². The Balaban J connectivity index is 2.46. The molecule has 0 amide bonds. The number of rotatable bonds is 2. The molecule has 0 heterocycles. The fourth-order valence-electron chi connectivity index (χ4n) is 1.47. The summed E-state index contributed by atoms with van der Waals surface area (Å²) in [5.41, 5.74) is 1.16. The Hall–Kier alpha value is -1.56. The summed E-state index contributed by atoms with van der Waals surface area (Å²) in [5.74, 6) is 0. The lowest BCUT2D eigenvalue weighted by Crippen LogP contribution is -1.75. The van der Waals surface area contributed by atoms with Gasteiger partial charge in [0.2, 0.25) is 0 Å². The number of hydrogen-bond acceptors (Lipinski definition) is 0. The van der Waals surface area contributed by atoms with Crippen LogP contribution in [0.5, 0.6) is 0 Å². The summed E-state index contributed by atoms with van der Waals surface area (Å²) in [4.78, 5) is 0. The summed E-state index contributed by atoms with van der Waals surface area (Å²) in [6, 6.07) is 15.9. The maximum absolute atomic E-state index is 3.37. The summed E-state index contributed by atoms with van der Waals surface area (Å²) in [5, 5.41) is 2.44. The van der Waals surface area contributed by atoms with E-state index in [0.717, 1.165) is 12.0 Å². The molecule has 0 heteroatoms. The topological polar surface area (TPSA) is 0 Å². The summed E-state index contributed by atoms with van der Waals surface area (Å²) in [7, 11) is 0. The van der Waals surface area contributed by atoms with Gasteiger partial charge in [-0.15, -0.1) is 0 Å². The van der Waals surface area contributed by atoms with E-state index < -0.39 is 0 Å². The van der Waals surface area contributed by atoms with E-state index in [-0.39, 0.29) is 0 Å². The van der Waals surface area contributed by atoms with Crippen LogP contribution in [0.15, 0.2) is 42.5 Å². The van der Waals surface area contributed by atoms with E-state index in [1.165, 1.54) is 10.8 Å². The monoisotopic (exact) mass is 181 g/mol. The van der Waals surface area contributed by atoms with Gasteiger partial charge in [0.1, 0.15) is 0 Å². The zero-order valence-electron chi connectivity index (χ0n) is 8.33. The van der Waals surface area contributed by atoms with Gasteiger partial charge in [0.15, 0.2) is 0 Å². The molecule has 14 heavy (non-hydrogen) atoms. The lowest BCUT2D eigenvalue weighted by molar-refractivity contribution is 1.23. The Bertz CT molecular complexity index is 452. The molecular formula is C14H13. The molecule has 0 saturated heterocycles. The van der Waals surface area contributed by atoms with Gasteiger partial charge in [-0.1, -0.05) is 55.5 Å². The second-order valence-corrected chi connectivity index (χ2v) is 3.31. The molecule has 2 rings (SSSR count). The second-order valence-electron chi connectivity index (χ2n) is 3.31. The van der Waals surface area contributed by atoms with E-state index in [4.69, 9.17) is 0 Å². The van der Waals surface area contributed by atoms with E-state index in [9.17, 15) is 0 Å². The van der Waals surface area contributed by atoms with Crippen molar-refractivity contribution in [3.05, 3.63) is 54.1 Å². The van der Waals surface area contributed by atoms with Crippen molar-refractivity contribution in [3.63, 3.8) is 0 Å². The average molecular weight is 181 g/mol. The van der Waals surface area contributed by atoms with Crippen LogP contribution in [0.25, 0.3) is 16.8 Å². The summed E-state index contributed by atoms with van der Waals surface area (Å²) in [6.45, 7) is 2.14. The maximum Gasteiger partial charge on any atom is -0.00207 e. The van der Waals surface area contributed by atoms with Crippen LogP contribution in [-0.2, 0) is 0 Å². The molecule has 0 aliphatic rings. The maximum atomic E-state index is 3.37. The molecule has 0 aliphatic carbocycles. The lowest BCUT2D eigenvalue weighted by atomic mass is 10.1. The first-order valence-electron chi connectivity index (χ1n) is 4.98. The predicted molar refractivity (Wildman–Crippen MR) is 62.1 cm³/mol. The lowest BCUT2D eigenvalue weighted by Gasteiger charge is -1.97. The third kappa shape index (κ3) is 1.85. The number of allylic oxidation sites excluding steroid dienone is 1. The highest BCUT2D eigenvalue weighted by atomic mass is 14.0. The second kappa shape index (κ2) is 4.10. The van der Waals surface area contributed by atoms with E-state index >= 15 is 0 Å². The van der Waals surface area contributed by atoms with Gasteiger partial charge in [-0.05, 0) is 28.8 Å². The van der Waals surface area contributed by atoms with Crippen molar-refractivity contribution in [1.29, 1.82) is 0 Å². The van der Waals surface area contributed by atoms with Crippen molar-refractivity contribution < 1.29 is 0 Å². The van der Waals surface area contributed by atoms with E-state index in [1.54, 1.807) is 0 Å². The van der Waals surface area contributed by atoms with Crippen molar-refractivity contribution >= 4 is 16.8 Å². The first-order chi connectivity index (χ1) is 6.90. The third-order valence-corrected chi connectivity index (χ3v) is 2.22. The molecule has 2 aromatic carbocycles. The smallest absolute Gasteiger partial charge is 0.00207 e. The highest BCUT2D eigenvalue weighted by molar-refractivity contribution is 5.83. The van der Waals surface area contributed by atoms with Gasteiger partial charge in [-0.25, -0.2) is 0 Å². The van der Waals surface area contributed by atoms with Crippen molar-refractivity contribution in [1.82, 2.24) is 0 Å². The summed E-state index contributed by atoms with van der Waals surface area (Å²) >= 11 is 0. The SMILES string of the molecule is CCC=Cc1[c]c2ccccc2cc1. The quantitative estimate of drug-likeness (QED) is 0.655. The van der Waals surface area contributed by atoms with E-state index in [0.29, 0.717) is 0 Å². The first kappa shape index (κ1) is 9.01. The Morgan fingerprint density at radius 2 is 2.00 bits per heavy atom. The van der Waals surface area contributed by atoms with Gasteiger partial charge >= 0.3 is 0 Å². The molecule has 0 nitrogen and oxygen atoms in total. The molecule has 0 fully saturated rings. The minimum Gasteiger partial charge on any atom is -0.0842 e. The standard InChI is InChI=1S/C14H13/c1-2-3-6-12-9-10-13-7-4-5-8-14(13)11-12/h3-10H,2H2,1H3. The molecule has 0 spiro atoms. The van der Waals surface area contributed by atoms with Gasteiger partial charge in [-0.3, -0.25) is 0 Å². The van der Waals surface area contributed by atoms with Crippen LogP contribution >= 0.6 is 0 Å². The summed E-state index contributed by atoms with van der Waals surface area (Å²) < 4.78 is 0. The highest BCUT2D eigenvalue weighted by Crippen LogP contribution is 2.15. The van der Waals surface area contributed by atoms with Crippen molar-refractivity contribution in [3.8, 4) is 0 Å². The fraction of sp³-hybridized carbons (Fsp3) is 0.143. The fourth-order valence-corrected chi connectivity index (χ4v) is 1.47. The van der Waals surface area contributed by atoms with Crippen LogP contribution < -0.4 is 0 Å². The van der Waals surface area contributed by atoms with Crippen LogP contribution in [0.4, 0.5) is 0 Å². The van der Waals surface area contributed by atoms with Crippen molar-refractivity contribution in [2.24, 2.45) is 0 Å². The van der Waals surface area contributed by atoms with Crippen molar-refractivity contribution in [2.75, 3.05) is 0 Å². The van der Waals surface area contributed by atoms with Gasteiger partial charge in [-0.2, -0.15) is 0 Å². The molecule has 0 N–H and O–H groups in total. The average Bonchev–Trinajstić information content (AvgIpc) is 2.26. The van der Waals surface area contributed by atoms with Crippen molar-refractivity contribution in [2.45, 2.75) is 13.3 Å². The zero-order chi connectivity index (χ0) is 9.80. The molecular weight excluding hydrogens is 168 g/mol. The van der Waals surface area contributed by atoms with E-state index in [1.807, 2.05) is 6.07 Å². The highest BCUT2D eigenvalue weighted by Gasteiger charge is 1.92. The first-order valence-corrected chi connectivity index (χ1v) is 4.98. The molecule has 0 bridgehead atoms. The third-order valence-electron chi connectivity index (χ3n) is 2.22. The number of hydrogen-bond donors (Lipinski definition) is 0. The Kier molecular flexibility index (Phi) is 2.64. The molecule has 0 unspecified atom stereocenters. The molecule has 1 radical (unpaired) electrons. The Morgan fingerprint density at radius 3 is 2.86 bits per heavy atom. The molecule has 0 saturated carbocycles. The minimum atomic E-state index is 1.07. The van der Waals surface area contributed by atoms with Gasteiger partial charge < -0.3 is 0 Å². The van der Waals surface area contributed by atoms with Crippen LogP contribution in [0.2, 0.25) is 0 Å². The zero-order valence-corrected chi connectivity index (χ0v) is 8.33. The Morgan fingerprint density at radius 1 is 1.14 bits per heavy atom. The van der Waals surface area contributed by atoms with Crippen LogP contribution in [0.1, 0.15) is 18.9 Å². The van der Waals surface area contributed by atoms with Crippen LogP contribution in [0, 0.1) is 6.07 Å². The van der Waals surface area contributed by atoms with Crippen LogP contribution in [-0.4, -0.2) is 0 Å². The molecule has 0 aliphatic heterocycles. The minimum absolute atomic E-state index is 1.07.